The molecule has 2 unspecified atom stereocenters. The Kier molecular flexibility index (Phi) is 8.43. The van der Waals surface area contributed by atoms with Gasteiger partial charge in [-0.2, -0.15) is 0 Å². The van der Waals surface area contributed by atoms with Crippen molar-refractivity contribution < 1.29 is 23.9 Å². The maximum atomic E-state index is 12.5. The number of carbonyl (C=O) groups is 3. The lowest BCUT2D eigenvalue weighted by atomic mass is 10.1. The first-order valence-electron chi connectivity index (χ1n) is 11.2. The molecular weight excluding hydrogens is 422 g/mol. The van der Waals surface area contributed by atoms with Crippen molar-refractivity contribution in [2.45, 2.75) is 45.8 Å². The topological polar surface area (TPSA) is 106 Å². The Morgan fingerprint density at radius 3 is 2.33 bits per heavy atom. The predicted molar refractivity (Wildman–Crippen MR) is 125 cm³/mol. The maximum absolute atomic E-state index is 12.5. The summed E-state index contributed by atoms with van der Waals surface area (Å²) in [6, 6.07) is 12.4. The zero-order valence-electron chi connectivity index (χ0n) is 19.3. The van der Waals surface area contributed by atoms with Crippen LogP contribution in [0.2, 0.25) is 0 Å². The summed E-state index contributed by atoms with van der Waals surface area (Å²) in [6.07, 6.45) is 0.567. The quantitative estimate of drug-likeness (QED) is 0.507. The molecule has 1 aliphatic rings. The lowest BCUT2D eigenvalue weighted by Gasteiger charge is -2.16. The third-order valence-electron chi connectivity index (χ3n) is 5.22. The van der Waals surface area contributed by atoms with Crippen molar-refractivity contribution in [3.63, 3.8) is 0 Å². The van der Waals surface area contributed by atoms with Gasteiger partial charge in [0.05, 0.1) is 0 Å². The van der Waals surface area contributed by atoms with E-state index in [0.29, 0.717) is 36.7 Å². The van der Waals surface area contributed by atoms with Crippen LogP contribution in [0.25, 0.3) is 0 Å². The van der Waals surface area contributed by atoms with Gasteiger partial charge < -0.3 is 25.4 Å². The van der Waals surface area contributed by atoms with Crippen molar-refractivity contribution in [1.82, 2.24) is 10.6 Å². The molecule has 1 saturated heterocycles. The van der Waals surface area contributed by atoms with Crippen molar-refractivity contribution in [1.29, 1.82) is 0 Å². The van der Waals surface area contributed by atoms with Crippen molar-refractivity contribution in [2.24, 2.45) is 0 Å². The van der Waals surface area contributed by atoms with Crippen molar-refractivity contribution in [3.05, 3.63) is 59.2 Å². The highest BCUT2D eigenvalue weighted by Crippen LogP contribution is 2.18. The van der Waals surface area contributed by atoms with Crippen LogP contribution < -0.4 is 20.7 Å². The standard InChI is InChI=1S/C25H31N3O5/c1-16-13-17(2)15-21(14-16)33-18(3)23(29)28-20-8-6-19(7-9-20)24(30)26-10-11-27-25(31)22-5-4-12-32-22/h6-9,13-15,18,22H,4-5,10-12H2,1-3H3,(H,26,30)(H,27,31)(H,28,29). The van der Waals surface area contributed by atoms with Crippen LogP contribution in [0, 0.1) is 13.8 Å². The Bertz CT molecular complexity index is 964. The fraction of sp³-hybridized carbons (Fsp3) is 0.400. The normalized spacial score (nSPS) is 16.0. The number of amides is 3. The number of ether oxygens (including phenoxy) is 2. The molecule has 33 heavy (non-hydrogen) atoms. The molecule has 0 aliphatic carbocycles. The molecule has 0 saturated carbocycles. The van der Waals surface area contributed by atoms with Crippen molar-refractivity contribution >= 4 is 23.4 Å². The summed E-state index contributed by atoms with van der Waals surface area (Å²) in [5.41, 5.74) is 3.16. The van der Waals surface area contributed by atoms with Crippen LogP contribution in [0.5, 0.6) is 5.75 Å². The number of rotatable bonds is 9. The lowest BCUT2D eigenvalue weighted by Crippen LogP contribution is -2.39. The van der Waals surface area contributed by atoms with Gasteiger partial charge in [0.15, 0.2) is 6.10 Å². The summed E-state index contributed by atoms with van der Waals surface area (Å²) >= 11 is 0. The first kappa shape index (κ1) is 24.3. The minimum Gasteiger partial charge on any atom is -0.481 e. The van der Waals surface area contributed by atoms with E-state index < -0.39 is 6.10 Å². The first-order chi connectivity index (χ1) is 15.8. The Balaban J connectivity index is 1.42. The van der Waals surface area contributed by atoms with Crippen LogP contribution in [-0.4, -0.2) is 49.6 Å². The summed E-state index contributed by atoms with van der Waals surface area (Å²) < 4.78 is 11.1. The highest BCUT2D eigenvalue weighted by molar-refractivity contribution is 5.96. The second-order valence-electron chi connectivity index (χ2n) is 8.20. The number of hydrogen-bond donors (Lipinski definition) is 3. The summed E-state index contributed by atoms with van der Waals surface area (Å²) in [6.45, 7) is 6.89. The number of anilines is 1. The minimum absolute atomic E-state index is 0.141. The molecule has 1 aliphatic heterocycles. The molecule has 8 heteroatoms. The van der Waals surface area contributed by atoms with Crippen LogP contribution in [-0.2, 0) is 14.3 Å². The van der Waals surface area contributed by atoms with Crippen LogP contribution in [0.1, 0.15) is 41.3 Å². The van der Waals surface area contributed by atoms with Crippen LogP contribution in [0.3, 0.4) is 0 Å². The molecule has 2 atom stereocenters. The van der Waals surface area contributed by atoms with Gasteiger partial charge in [-0.05, 0) is 81.1 Å². The molecular formula is C25H31N3O5. The maximum Gasteiger partial charge on any atom is 0.265 e. The van der Waals surface area contributed by atoms with Gasteiger partial charge >= 0.3 is 0 Å². The van der Waals surface area contributed by atoms with E-state index in [-0.39, 0.29) is 23.8 Å². The van der Waals surface area contributed by atoms with Crippen molar-refractivity contribution in [2.75, 3.05) is 25.0 Å². The van der Waals surface area contributed by atoms with Gasteiger partial charge in [0, 0.05) is 30.9 Å². The predicted octanol–water partition coefficient (Wildman–Crippen LogP) is 2.73. The number of nitrogens with one attached hydrogen (secondary N) is 3. The number of carbonyl (C=O) groups excluding carboxylic acids is 3. The molecule has 0 radical (unpaired) electrons. The molecule has 3 N–H and O–H groups in total. The molecule has 1 fully saturated rings. The molecule has 8 nitrogen and oxygen atoms in total. The second-order valence-corrected chi connectivity index (χ2v) is 8.20. The highest BCUT2D eigenvalue weighted by atomic mass is 16.5. The van der Waals surface area contributed by atoms with Gasteiger partial charge in [0.1, 0.15) is 11.9 Å². The smallest absolute Gasteiger partial charge is 0.265 e. The van der Waals surface area contributed by atoms with E-state index in [1.807, 2.05) is 32.0 Å². The summed E-state index contributed by atoms with van der Waals surface area (Å²) in [5, 5.41) is 8.31. The van der Waals surface area contributed by atoms with Gasteiger partial charge in [0.2, 0.25) is 5.91 Å². The number of hydrogen-bond acceptors (Lipinski definition) is 5. The third-order valence-corrected chi connectivity index (χ3v) is 5.22. The van der Waals surface area contributed by atoms with Gasteiger partial charge in [-0.3, -0.25) is 14.4 Å². The van der Waals surface area contributed by atoms with Crippen LogP contribution >= 0.6 is 0 Å². The molecule has 176 valence electrons. The SMILES string of the molecule is Cc1cc(C)cc(OC(C)C(=O)Nc2ccc(C(=O)NCCNC(=O)C3CCCO3)cc2)c1. The van der Waals surface area contributed by atoms with E-state index in [1.54, 1.807) is 31.2 Å². The Labute approximate surface area is 194 Å². The Morgan fingerprint density at radius 1 is 1.03 bits per heavy atom. The molecule has 1 heterocycles. The molecule has 3 rings (SSSR count). The first-order valence-corrected chi connectivity index (χ1v) is 11.2. The summed E-state index contributed by atoms with van der Waals surface area (Å²) in [5.74, 6) is -0.0363. The zero-order valence-corrected chi connectivity index (χ0v) is 19.3. The van der Waals surface area contributed by atoms with Gasteiger partial charge in [-0.15, -0.1) is 0 Å². The third kappa shape index (κ3) is 7.32. The molecule has 2 aromatic rings. The monoisotopic (exact) mass is 453 g/mol. The van der Waals surface area contributed by atoms with Gasteiger partial charge in [-0.25, -0.2) is 0 Å². The number of benzene rings is 2. The summed E-state index contributed by atoms with van der Waals surface area (Å²) in [4.78, 5) is 36.6. The van der Waals surface area contributed by atoms with Crippen molar-refractivity contribution in [3.8, 4) is 5.75 Å². The highest BCUT2D eigenvalue weighted by Gasteiger charge is 2.23. The van der Waals surface area contributed by atoms with E-state index in [0.717, 1.165) is 24.0 Å². The average molecular weight is 454 g/mol. The Hall–Kier alpha value is -3.39. The molecule has 2 aromatic carbocycles. The van der Waals surface area contributed by atoms with E-state index in [4.69, 9.17) is 9.47 Å². The van der Waals surface area contributed by atoms with Gasteiger partial charge in [0.25, 0.3) is 11.8 Å². The minimum atomic E-state index is -0.681. The van der Waals surface area contributed by atoms with Crippen LogP contribution in [0.15, 0.2) is 42.5 Å². The zero-order chi connectivity index (χ0) is 23.8. The number of aryl methyl sites for hydroxylation is 2. The average Bonchev–Trinajstić information content (AvgIpc) is 3.31. The van der Waals surface area contributed by atoms with E-state index in [2.05, 4.69) is 16.0 Å². The molecule has 0 aromatic heterocycles. The summed E-state index contributed by atoms with van der Waals surface area (Å²) in [7, 11) is 0. The van der Waals surface area contributed by atoms with E-state index in [9.17, 15) is 14.4 Å². The van der Waals surface area contributed by atoms with E-state index >= 15 is 0 Å². The lowest BCUT2D eigenvalue weighted by molar-refractivity contribution is -0.130. The fourth-order valence-corrected chi connectivity index (χ4v) is 3.57. The largest absolute Gasteiger partial charge is 0.481 e. The second kappa shape index (κ2) is 11.5. The fourth-order valence-electron chi connectivity index (χ4n) is 3.57. The Morgan fingerprint density at radius 2 is 1.70 bits per heavy atom. The van der Waals surface area contributed by atoms with E-state index in [1.165, 1.54) is 0 Å². The molecule has 0 bridgehead atoms. The molecule has 3 amide bonds. The van der Waals surface area contributed by atoms with Crippen LogP contribution in [0.4, 0.5) is 5.69 Å². The van der Waals surface area contributed by atoms with Gasteiger partial charge in [-0.1, -0.05) is 6.07 Å². The molecule has 0 spiro atoms.